The lowest BCUT2D eigenvalue weighted by Gasteiger charge is -2.39. The summed E-state index contributed by atoms with van der Waals surface area (Å²) in [5.41, 5.74) is 10.5. The third kappa shape index (κ3) is 10.1. The number of anilines is 2. The fraction of sp³-hybridized carbons (Fsp3) is 0.467. The summed E-state index contributed by atoms with van der Waals surface area (Å²) in [6, 6.07) is 9.56. The maximum absolute atomic E-state index is 14.2. The number of benzene rings is 2. The summed E-state index contributed by atoms with van der Waals surface area (Å²) >= 11 is 12.5. The van der Waals surface area contributed by atoms with Crippen molar-refractivity contribution in [1.82, 2.24) is 34.8 Å². The number of rotatable bonds is 17. The van der Waals surface area contributed by atoms with Gasteiger partial charge >= 0.3 is 0 Å². The van der Waals surface area contributed by atoms with Gasteiger partial charge in [-0.15, -0.1) is 0 Å². The van der Waals surface area contributed by atoms with Crippen LogP contribution in [-0.2, 0) is 25.7 Å². The van der Waals surface area contributed by atoms with E-state index in [1.807, 2.05) is 27.9 Å². The Morgan fingerprint density at radius 3 is 2.65 bits per heavy atom. The Morgan fingerprint density at radius 1 is 1.05 bits per heavy atom. The molecule has 8 rings (SSSR count). The molecule has 6 heterocycles. The lowest BCUT2D eigenvalue weighted by Crippen LogP contribution is -2.52. The summed E-state index contributed by atoms with van der Waals surface area (Å²) in [6.07, 6.45) is 9.76. The van der Waals surface area contributed by atoms with Crippen LogP contribution in [0.4, 0.5) is 15.9 Å². The van der Waals surface area contributed by atoms with Crippen molar-refractivity contribution < 1.29 is 33.0 Å². The average molecular weight is 905 g/mol. The van der Waals surface area contributed by atoms with Crippen LogP contribution in [0.2, 0.25) is 10.0 Å². The number of carbonyl (C=O) groups excluding carboxylic acids is 4. The number of carbonyl (C=O) groups is 4. The second-order valence-corrected chi connectivity index (χ2v) is 17.6. The minimum atomic E-state index is -0.696. The van der Waals surface area contributed by atoms with Gasteiger partial charge in [-0.2, -0.15) is 5.10 Å². The SMILES string of the molecule is CC(Oc1cc(-c2cnn(C3CCN(C(=O)COCCCCCN4CC(CNc5cccc6c5CN(C5CCC(=O)NC5=O)C6=O)C4)CC3)c2)cnc1N)c1c(Cl)ccc(F)c1Cl. The first kappa shape index (κ1) is 44.3. The molecule has 63 heavy (non-hydrogen) atoms. The highest BCUT2D eigenvalue weighted by Crippen LogP contribution is 2.38. The third-order valence-corrected chi connectivity index (χ3v) is 13.2. The Kier molecular flexibility index (Phi) is 13.8. The molecular weight excluding hydrogens is 852 g/mol. The number of halogens is 3. The quantitative estimate of drug-likeness (QED) is 0.0619. The largest absolute Gasteiger partial charge is 0.482 e. The van der Waals surface area contributed by atoms with Crippen LogP contribution < -0.4 is 21.1 Å². The van der Waals surface area contributed by atoms with Gasteiger partial charge in [0.2, 0.25) is 17.7 Å². The number of unbranched alkanes of at least 4 members (excludes halogenated alkanes) is 2. The maximum atomic E-state index is 14.2. The molecule has 4 aliphatic rings. The van der Waals surface area contributed by atoms with Gasteiger partial charge in [-0.05, 0) is 82.3 Å². The smallest absolute Gasteiger partial charge is 0.255 e. The van der Waals surface area contributed by atoms with Crippen LogP contribution in [-0.4, -0.2) is 112 Å². The molecule has 2 unspecified atom stereocenters. The zero-order valence-electron chi connectivity index (χ0n) is 35.2. The fourth-order valence-electron chi connectivity index (χ4n) is 8.90. The Bertz CT molecular complexity index is 2350. The van der Waals surface area contributed by atoms with Gasteiger partial charge in [0.15, 0.2) is 11.6 Å². The predicted octanol–water partition coefficient (Wildman–Crippen LogP) is 6.27. The number of nitrogens with two attached hydrogens (primary N) is 1. The first-order valence-electron chi connectivity index (χ1n) is 21.6. The van der Waals surface area contributed by atoms with Crippen LogP contribution in [0, 0.1) is 11.7 Å². The zero-order valence-corrected chi connectivity index (χ0v) is 36.7. The second-order valence-electron chi connectivity index (χ2n) is 16.8. The monoisotopic (exact) mass is 903 g/mol. The van der Waals surface area contributed by atoms with Crippen LogP contribution in [0.25, 0.3) is 11.1 Å². The molecule has 4 aliphatic heterocycles. The Labute approximate surface area is 375 Å². The zero-order chi connectivity index (χ0) is 44.2. The van der Waals surface area contributed by atoms with Crippen molar-refractivity contribution in [3.63, 3.8) is 0 Å². The number of nitrogen functional groups attached to an aromatic ring is 1. The van der Waals surface area contributed by atoms with Crippen molar-refractivity contribution in [3.05, 3.63) is 87.5 Å². The summed E-state index contributed by atoms with van der Waals surface area (Å²) in [4.78, 5) is 60.3. The molecule has 0 radical (unpaired) electrons. The molecule has 2 aromatic carbocycles. The average Bonchev–Trinajstić information content (AvgIpc) is 3.88. The molecule has 2 atom stereocenters. The molecule has 0 saturated carbocycles. The third-order valence-electron chi connectivity index (χ3n) is 12.5. The van der Waals surface area contributed by atoms with E-state index in [1.165, 1.54) is 12.1 Å². The van der Waals surface area contributed by atoms with Crippen LogP contribution in [0.3, 0.4) is 0 Å². The first-order chi connectivity index (χ1) is 30.4. The van der Waals surface area contributed by atoms with E-state index in [-0.39, 0.29) is 52.7 Å². The number of fused-ring (bicyclic) bond motifs is 1. The number of piperidine rings is 2. The summed E-state index contributed by atoms with van der Waals surface area (Å²) in [5.74, 6) is -0.463. The number of nitrogens with one attached hydrogen (secondary N) is 2. The van der Waals surface area contributed by atoms with Gasteiger partial charge in [0.25, 0.3) is 5.91 Å². The van der Waals surface area contributed by atoms with Gasteiger partial charge in [-0.3, -0.25) is 29.2 Å². The number of imide groups is 1. The van der Waals surface area contributed by atoms with E-state index in [0.29, 0.717) is 55.5 Å². The molecule has 0 spiro atoms. The molecular formula is C45H52Cl2FN9O6. The number of hydrogen-bond donors (Lipinski definition) is 3. The molecule has 0 bridgehead atoms. The normalized spacial score (nSPS) is 18.9. The fourth-order valence-corrected chi connectivity index (χ4v) is 9.58. The highest BCUT2D eigenvalue weighted by atomic mass is 35.5. The first-order valence-corrected chi connectivity index (χ1v) is 22.4. The highest BCUT2D eigenvalue weighted by molar-refractivity contribution is 6.36. The lowest BCUT2D eigenvalue weighted by molar-refractivity contribution is -0.138. The molecule has 4 aromatic rings. The van der Waals surface area contributed by atoms with Gasteiger partial charge in [-0.25, -0.2) is 9.37 Å². The minimum Gasteiger partial charge on any atom is -0.482 e. The Hall–Kier alpha value is -5.29. The molecule has 2 aromatic heterocycles. The molecule has 3 fully saturated rings. The van der Waals surface area contributed by atoms with Crippen molar-refractivity contribution >= 4 is 58.3 Å². The van der Waals surface area contributed by atoms with E-state index < -0.39 is 23.9 Å². The summed E-state index contributed by atoms with van der Waals surface area (Å²) in [5, 5.41) is 10.7. The van der Waals surface area contributed by atoms with Gasteiger partial charge in [0.1, 0.15) is 24.6 Å². The van der Waals surface area contributed by atoms with E-state index in [1.54, 1.807) is 36.4 Å². The number of hydrogen-bond acceptors (Lipinski definition) is 11. The minimum absolute atomic E-state index is 0.00375. The lowest BCUT2D eigenvalue weighted by atomic mass is 9.99. The van der Waals surface area contributed by atoms with Crippen LogP contribution >= 0.6 is 23.2 Å². The molecule has 15 nitrogen and oxygen atoms in total. The van der Waals surface area contributed by atoms with Gasteiger partial charge in [-0.1, -0.05) is 29.3 Å². The summed E-state index contributed by atoms with van der Waals surface area (Å²) in [7, 11) is 0. The van der Waals surface area contributed by atoms with E-state index in [4.69, 9.17) is 38.4 Å². The van der Waals surface area contributed by atoms with Gasteiger partial charge in [0, 0.05) is 109 Å². The topological polar surface area (TPSA) is 177 Å². The summed E-state index contributed by atoms with van der Waals surface area (Å²) in [6.45, 7) is 7.78. The highest BCUT2D eigenvalue weighted by Gasteiger charge is 2.40. The van der Waals surface area contributed by atoms with Crippen molar-refractivity contribution in [1.29, 1.82) is 0 Å². The van der Waals surface area contributed by atoms with Crippen LogP contribution in [0.5, 0.6) is 5.75 Å². The summed E-state index contributed by atoms with van der Waals surface area (Å²) < 4.78 is 27.9. The maximum Gasteiger partial charge on any atom is 0.255 e. The number of pyridine rings is 1. The standard InChI is InChI=1S/C45H52Cl2FN9O6/c1-27(41-34(46)8-9-35(48)42(41)47)63-38-18-29(20-51-43(38)49)30-21-52-57(24-30)31-12-15-55(16-13-31)40(59)26-62-17-4-2-3-14-54-22-28(23-54)19-50-36-7-5-6-32-33(36)25-56(45(32)61)37-10-11-39(58)53-44(37)60/h5-9,18,20-21,24,27-28,31,37,50H,2-4,10-17,19,22-23,25-26H2,1H3,(H2,49,51)(H,53,58,60). The van der Waals surface area contributed by atoms with Crippen molar-refractivity contribution in [2.75, 3.05) is 63.5 Å². The van der Waals surface area contributed by atoms with Gasteiger partial charge in [0.05, 0.1) is 17.3 Å². The molecule has 3 saturated heterocycles. The molecule has 334 valence electrons. The number of nitrogens with zero attached hydrogens (tertiary/aromatic N) is 6. The number of aromatic nitrogens is 3. The Balaban J connectivity index is 0.689. The van der Waals surface area contributed by atoms with Crippen molar-refractivity contribution in [3.8, 4) is 16.9 Å². The molecule has 18 heteroatoms. The molecule has 4 N–H and O–H groups in total. The Morgan fingerprint density at radius 2 is 1.86 bits per heavy atom. The number of ether oxygens (including phenoxy) is 2. The molecule has 0 aliphatic carbocycles. The van der Waals surface area contributed by atoms with Gasteiger partial charge < -0.3 is 35.2 Å². The number of likely N-dealkylation sites (tertiary alicyclic amines) is 2. The van der Waals surface area contributed by atoms with E-state index >= 15 is 0 Å². The van der Waals surface area contributed by atoms with Crippen molar-refractivity contribution in [2.24, 2.45) is 5.92 Å². The van der Waals surface area contributed by atoms with Crippen molar-refractivity contribution in [2.45, 2.75) is 76.6 Å². The van der Waals surface area contributed by atoms with E-state index in [9.17, 15) is 23.6 Å². The second kappa shape index (κ2) is 19.6. The number of amides is 4. The van der Waals surface area contributed by atoms with E-state index in [2.05, 4.69) is 25.6 Å². The van der Waals surface area contributed by atoms with E-state index in [0.717, 1.165) is 80.7 Å². The van der Waals surface area contributed by atoms with Crippen LogP contribution in [0.15, 0.2) is 55.0 Å². The molecule has 4 amide bonds. The van der Waals surface area contributed by atoms with Crippen LogP contribution in [0.1, 0.15) is 85.5 Å². The predicted molar refractivity (Wildman–Crippen MR) is 236 cm³/mol.